The quantitative estimate of drug-likeness (QED) is 0.904. The van der Waals surface area contributed by atoms with Gasteiger partial charge < -0.3 is 10.2 Å². The average molecular weight is 328 g/mol. The molecule has 0 aliphatic rings. The van der Waals surface area contributed by atoms with Crippen molar-refractivity contribution in [3.8, 4) is 0 Å². The summed E-state index contributed by atoms with van der Waals surface area (Å²) in [6.07, 6.45) is 0. The van der Waals surface area contributed by atoms with E-state index >= 15 is 0 Å². The van der Waals surface area contributed by atoms with Crippen LogP contribution in [-0.4, -0.2) is 18.4 Å². The van der Waals surface area contributed by atoms with Crippen molar-refractivity contribution in [2.75, 3.05) is 16.8 Å². The first-order valence-corrected chi connectivity index (χ1v) is 7.80. The van der Waals surface area contributed by atoms with Gasteiger partial charge >= 0.3 is 0 Å². The topological polar surface area (TPSA) is 49.4 Å². The van der Waals surface area contributed by atoms with Gasteiger partial charge in [0.25, 0.3) is 0 Å². The molecule has 24 heavy (non-hydrogen) atoms. The second kappa shape index (κ2) is 7.73. The van der Waals surface area contributed by atoms with Crippen LogP contribution in [0.5, 0.6) is 0 Å². The minimum atomic E-state index is -0.392. The summed E-state index contributed by atoms with van der Waals surface area (Å²) in [6.45, 7) is 5.43. The molecule has 0 bridgehead atoms. The van der Waals surface area contributed by atoms with Crippen molar-refractivity contribution in [3.63, 3.8) is 0 Å². The highest BCUT2D eigenvalue weighted by Gasteiger charge is 2.16. The SMILES string of the molecule is CC(=O)N(CC(=O)Nc1ccc(C(C)C)cc1)c1ccc(F)cc1. The monoisotopic (exact) mass is 328 g/mol. The largest absolute Gasteiger partial charge is 0.325 e. The van der Waals surface area contributed by atoms with Crippen molar-refractivity contribution in [2.24, 2.45) is 0 Å². The number of hydrogen-bond acceptors (Lipinski definition) is 2. The van der Waals surface area contributed by atoms with Gasteiger partial charge in [0.1, 0.15) is 12.4 Å². The van der Waals surface area contributed by atoms with Gasteiger partial charge in [0.15, 0.2) is 0 Å². The van der Waals surface area contributed by atoms with Crippen LogP contribution in [0.2, 0.25) is 0 Å². The second-order valence-corrected chi connectivity index (χ2v) is 5.91. The van der Waals surface area contributed by atoms with E-state index in [-0.39, 0.29) is 18.4 Å². The first-order valence-electron chi connectivity index (χ1n) is 7.80. The maximum Gasteiger partial charge on any atom is 0.244 e. The number of anilines is 2. The molecule has 0 fully saturated rings. The van der Waals surface area contributed by atoms with Crippen LogP contribution in [0, 0.1) is 5.82 Å². The molecule has 4 nitrogen and oxygen atoms in total. The minimum Gasteiger partial charge on any atom is -0.325 e. The van der Waals surface area contributed by atoms with Gasteiger partial charge in [-0.25, -0.2) is 4.39 Å². The predicted octanol–water partition coefficient (Wildman–Crippen LogP) is 3.94. The van der Waals surface area contributed by atoms with Gasteiger partial charge in [-0.3, -0.25) is 9.59 Å². The van der Waals surface area contributed by atoms with Crippen LogP contribution < -0.4 is 10.2 Å². The van der Waals surface area contributed by atoms with Crippen molar-refractivity contribution >= 4 is 23.2 Å². The van der Waals surface area contributed by atoms with Crippen molar-refractivity contribution < 1.29 is 14.0 Å². The maximum absolute atomic E-state index is 13.0. The number of nitrogens with zero attached hydrogens (tertiary/aromatic N) is 1. The maximum atomic E-state index is 13.0. The Morgan fingerprint density at radius 2 is 1.62 bits per heavy atom. The zero-order valence-electron chi connectivity index (χ0n) is 14.0. The van der Waals surface area contributed by atoms with Crippen molar-refractivity contribution in [2.45, 2.75) is 26.7 Å². The van der Waals surface area contributed by atoms with Crippen LogP contribution in [-0.2, 0) is 9.59 Å². The third-order valence-electron chi connectivity index (χ3n) is 3.68. The van der Waals surface area contributed by atoms with E-state index in [0.29, 0.717) is 17.3 Å². The molecule has 1 N–H and O–H groups in total. The standard InChI is InChI=1S/C19H21FN2O2/c1-13(2)15-4-8-17(9-5-15)21-19(24)12-22(14(3)23)18-10-6-16(20)7-11-18/h4-11,13H,12H2,1-3H3,(H,21,24). The van der Waals surface area contributed by atoms with Gasteiger partial charge in [0.05, 0.1) is 0 Å². The molecule has 0 saturated heterocycles. The normalized spacial score (nSPS) is 10.5. The number of benzene rings is 2. The highest BCUT2D eigenvalue weighted by Crippen LogP contribution is 2.18. The fourth-order valence-corrected chi connectivity index (χ4v) is 2.30. The lowest BCUT2D eigenvalue weighted by Crippen LogP contribution is -2.36. The van der Waals surface area contributed by atoms with Gasteiger partial charge in [-0.2, -0.15) is 0 Å². The third kappa shape index (κ3) is 4.65. The summed E-state index contributed by atoms with van der Waals surface area (Å²) >= 11 is 0. The van der Waals surface area contributed by atoms with Gasteiger partial charge in [0, 0.05) is 18.3 Å². The highest BCUT2D eigenvalue weighted by atomic mass is 19.1. The summed E-state index contributed by atoms with van der Waals surface area (Å²) in [6, 6.07) is 13.1. The molecule has 0 aliphatic carbocycles. The average Bonchev–Trinajstić information content (AvgIpc) is 2.54. The molecule has 2 rings (SSSR count). The Balaban J connectivity index is 2.05. The Hall–Kier alpha value is -2.69. The van der Waals surface area contributed by atoms with Crippen LogP contribution in [0.15, 0.2) is 48.5 Å². The molecule has 0 atom stereocenters. The number of halogens is 1. The Kier molecular flexibility index (Phi) is 5.68. The highest BCUT2D eigenvalue weighted by molar-refractivity contribution is 6.01. The fourth-order valence-electron chi connectivity index (χ4n) is 2.30. The first-order chi connectivity index (χ1) is 11.4. The number of carbonyl (C=O) groups excluding carboxylic acids is 2. The summed E-state index contributed by atoms with van der Waals surface area (Å²) < 4.78 is 13.0. The van der Waals surface area contributed by atoms with Crippen LogP contribution in [0.1, 0.15) is 32.3 Å². The van der Waals surface area contributed by atoms with E-state index in [0.717, 1.165) is 0 Å². The smallest absolute Gasteiger partial charge is 0.244 e. The van der Waals surface area contributed by atoms with Gasteiger partial charge in [-0.05, 0) is 47.9 Å². The molecule has 0 unspecified atom stereocenters. The molecule has 0 saturated carbocycles. The molecule has 126 valence electrons. The van der Waals surface area contributed by atoms with Gasteiger partial charge in [-0.15, -0.1) is 0 Å². The number of hydrogen-bond donors (Lipinski definition) is 1. The van der Waals surface area contributed by atoms with Crippen LogP contribution in [0.3, 0.4) is 0 Å². The molecular weight excluding hydrogens is 307 g/mol. The Morgan fingerprint density at radius 3 is 2.12 bits per heavy atom. The van der Waals surface area contributed by atoms with Crippen molar-refractivity contribution in [1.29, 1.82) is 0 Å². The van der Waals surface area contributed by atoms with Crippen LogP contribution in [0.4, 0.5) is 15.8 Å². The van der Waals surface area contributed by atoms with Crippen LogP contribution >= 0.6 is 0 Å². The zero-order chi connectivity index (χ0) is 17.7. The Bertz CT molecular complexity index is 709. The van der Waals surface area contributed by atoms with E-state index in [4.69, 9.17) is 0 Å². The molecule has 2 aromatic carbocycles. The number of nitrogens with one attached hydrogen (secondary N) is 1. The molecule has 0 spiro atoms. The molecule has 0 radical (unpaired) electrons. The Labute approximate surface area is 141 Å². The summed E-state index contributed by atoms with van der Waals surface area (Å²) in [5.74, 6) is -0.572. The number of rotatable bonds is 5. The van der Waals surface area contributed by atoms with Crippen LogP contribution in [0.25, 0.3) is 0 Å². The summed E-state index contributed by atoms with van der Waals surface area (Å²) in [4.78, 5) is 25.3. The van der Waals surface area contributed by atoms with E-state index in [9.17, 15) is 14.0 Å². The molecule has 0 aromatic heterocycles. The number of amides is 2. The molecule has 5 heteroatoms. The second-order valence-electron chi connectivity index (χ2n) is 5.91. The lowest BCUT2D eigenvalue weighted by molar-refractivity contribution is -0.120. The predicted molar refractivity (Wildman–Crippen MR) is 93.6 cm³/mol. The lowest BCUT2D eigenvalue weighted by Gasteiger charge is -2.20. The molecule has 2 amide bonds. The molecule has 0 aliphatic heterocycles. The molecule has 2 aromatic rings. The number of carbonyl (C=O) groups is 2. The fraction of sp³-hybridized carbons (Fsp3) is 0.263. The van der Waals surface area contributed by atoms with Gasteiger partial charge in [0.2, 0.25) is 11.8 Å². The molecule has 0 heterocycles. The van der Waals surface area contributed by atoms with E-state index in [1.807, 2.05) is 24.3 Å². The Morgan fingerprint density at radius 1 is 1.04 bits per heavy atom. The summed E-state index contributed by atoms with van der Waals surface area (Å²) in [7, 11) is 0. The summed E-state index contributed by atoms with van der Waals surface area (Å²) in [5, 5.41) is 2.77. The van der Waals surface area contributed by atoms with Gasteiger partial charge in [-0.1, -0.05) is 26.0 Å². The van der Waals surface area contributed by atoms with Crippen molar-refractivity contribution in [3.05, 3.63) is 59.9 Å². The van der Waals surface area contributed by atoms with E-state index in [1.165, 1.54) is 41.7 Å². The van der Waals surface area contributed by atoms with E-state index < -0.39 is 5.82 Å². The van der Waals surface area contributed by atoms with Crippen molar-refractivity contribution in [1.82, 2.24) is 0 Å². The minimum absolute atomic E-state index is 0.132. The third-order valence-corrected chi connectivity index (χ3v) is 3.68. The summed E-state index contributed by atoms with van der Waals surface area (Å²) in [5.41, 5.74) is 2.34. The zero-order valence-corrected chi connectivity index (χ0v) is 14.0. The first kappa shape index (κ1) is 17.7. The molecular formula is C19H21FN2O2. The van der Waals surface area contributed by atoms with E-state index in [1.54, 1.807) is 0 Å². The van der Waals surface area contributed by atoms with E-state index in [2.05, 4.69) is 19.2 Å². The lowest BCUT2D eigenvalue weighted by atomic mass is 10.0.